The third kappa shape index (κ3) is 4.16. The number of rotatable bonds is 6. The summed E-state index contributed by atoms with van der Waals surface area (Å²) in [6, 6.07) is 10.3. The van der Waals surface area contributed by atoms with Gasteiger partial charge in [0.15, 0.2) is 4.96 Å². The number of benzene rings is 1. The molecule has 0 spiro atoms. The highest BCUT2D eigenvalue weighted by atomic mass is 35.5. The summed E-state index contributed by atoms with van der Waals surface area (Å²) in [5, 5.41) is 8.02. The van der Waals surface area contributed by atoms with E-state index in [1.54, 1.807) is 11.3 Å². The molecule has 1 unspecified atom stereocenters. The molecule has 1 atom stereocenters. The van der Waals surface area contributed by atoms with Gasteiger partial charge in [0, 0.05) is 47.3 Å². The van der Waals surface area contributed by atoms with Gasteiger partial charge in [-0.05, 0) is 41.1 Å². The first-order valence-corrected chi connectivity index (χ1v) is 12.0. The molecule has 1 N–H and O–H groups in total. The Morgan fingerprint density at radius 2 is 2.07 bits per heavy atom. The smallest absolute Gasteiger partial charge is 0.226 e. The molecule has 4 aromatic rings. The van der Waals surface area contributed by atoms with Crippen LogP contribution in [0.1, 0.15) is 27.7 Å². The zero-order valence-electron chi connectivity index (χ0n) is 16.3. The van der Waals surface area contributed by atoms with Crippen molar-refractivity contribution in [3.8, 4) is 0 Å². The van der Waals surface area contributed by atoms with Gasteiger partial charge in [-0.3, -0.25) is 14.1 Å². The van der Waals surface area contributed by atoms with Crippen molar-refractivity contribution in [2.24, 2.45) is 0 Å². The molecule has 8 heteroatoms. The van der Waals surface area contributed by atoms with E-state index in [1.165, 1.54) is 16.0 Å². The average molecular weight is 457 g/mol. The number of hydrogen-bond acceptors (Lipinski definition) is 5. The van der Waals surface area contributed by atoms with Gasteiger partial charge in [0.1, 0.15) is 0 Å². The van der Waals surface area contributed by atoms with E-state index in [0.717, 1.165) is 35.2 Å². The standard InChI is InChI=1S/C22H21ClN4OS2/c23-17-3-1-15(2-4-17)19(26-7-5-20-16(13-26)6-9-29-20)12-24-21(28)11-18-14-27-8-10-30-22(27)25-18/h1-4,6,8-10,14,19H,5,7,11-13H2,(H,24,28). The van der Waals surface area contributed by atoms with Crippen molar-refractivity contribution in [3.63, 3.8) is 0 Å². The van der Waals surface area contributed by atoms with E-state index in [4.69, 9.17) is 11.6 Å². The highest BCUT2D eigenvalue weighted by Crippen LogP contribution is 2.30. The van der Waals surface area contributed by atoms with Gasteiger partial charge in [0.05, 0.1) is 18.2 Å². The first-order valence-electron chi connectivity index (χ1n) is 9.88. The van der Waals surface area contributed by atoms with Crippen LogP contribution in [0.4, 0.5) is 0 Å². The van der Waals surface area contributed by atoms with E-state index < -0.39 is 0 Å². The number of hydrogen-bond donors (Lipinski definition) is 1. The molecule has 5 nitrogen and oxygen atoms in total. The fourth-order valence-corrected chi connectivity index (χ4v) is 5.71. The highest BCUT2D eigenvalue weighted by molar-refractivity contribution is 7.15. The summed E-state index contributed by atoms with van der Waals surface area (Å²) in [7, 11) is 0. The minimum absolute atomic E-state index is 0.00653. The molecule has 4 heterocycles. The monoisotopic (exact) mass is 456 g/mol. The number of thiazole rings is 1. The van der Waals surface area contributed by atoms with Gasteiger partial charge in [-0.1, -0.05) is 23.7 Å². The lowest BCUT2D eigenvalue weighted by Gasteiger charge is -2.35. The molecule has 0 aliphatic carbocycles. The SMILES string of the molecule is O=C(Cc1cn2ccsc2n1)NCC(c1ccc(Cl)cc1)N1CCc2sccc2C1. The molecular weight excluding hydrogens is 436 g/mol. The molecule has 0 radical (unpaired) electrons. The van der Waals surface area contributed by atoms with Crippen molar-refractivity contribution in [2.45, 2.75) is 25.4 Å². The van der Waals surface area contributed by atoms with E-state index in [2.05, 4.69) is 38.8 Å². The lowest BCUT2D eigenvalue weighted by Crippen LogP contribution is -2.40. The van der Waals surface area contributed by atoms with Crippen molar-refractivity contribution in [3.05, 3.63) is 80.2 Å². The normalized spacial score (nSPS) is 15.2. The molecule has 3 aromatic heterocycles. The fourth-order valence-electron chi connectivity index (χ4n) is 3.98. The summed E-state index contributed by atoms with van der Waals surface area (Å²) < 4.78 is 1.95. The van der Waals surface area contributed by atoms with Crippen LogP contribution >= 0.6 is 34.3 Å². The Balaban J connectivity index is 1.29. The maximum absolute atomic E-state index is 12.6. The largest absolute Gasteiger partial charge is 0.354 e. The van der Waals surface area contributed by atoms with Crippen LogP contribution in [-0.4, -0.2) is 33.3 Å². The zero-order chi connectivity index (χ0) is 20.5. The summed E-state index contributed by atoms with van der Waals surface area (Å²) in [6.45, 7) is 2.44. The lowest BCUT2D eigenvalue weighted by atomic mass is 10.0. The molecular formula is C22H21ClN4OS2. The van der Waals surface area contributed by atoms with Crippen LogP contribution in [0.15, 0.2) is 53.5 Å². The topological polar surface area (TPSA) is 49.6 Å². The van der Waals surface area contributed by atoms with Crippen molar-refractivity contribution in [1.82, 2.24) is 19.6 Å². The molecule has 1 aliphatic rings. The Hall–Kier alpha value is -2.19. The maximum atomic E-state index is 12.6. The quantitative estimate of drug-likeness (QED) is 0.462. The van der Waals surface area contributed by atoms with Crippen LogP contribution in [0.25, 0.3) is 4.96 Å². The number of thiophene rings is 1. The number of aromatic nitrogens is 2. The number of carbonyl (C=O) groups is 1. The van der Waals surface area contributed by atoms with Crippen molar-refractivity contribution < 1.29 is 4.79 Å². The van der Waals surface area contributed by atoms with E-state index in [0.29, 0.717) is 6.54 Å². The Kier molecular flexibility index (Phi) is 5.60. The molecule has 30 heavy (non-hydrogen) atoms. The minimum atomic E-state index is -0.00653. The summed E-state index contributed by atoms with van der Waals surface area (Å²) in [5.74, 6) is -0.00653. The van der Waals surface area contributed by atoms with Gasteiger partial charge in [-0.15, -0.1) is 22.7 Å². The first kappa shape index (κ1) is 19.8. The number of amides is 1. The predicted molar refractivity (Wildman–Crippen MR) is 122 cm³/mol. The van der Waals surface area contributed by atoms with E-state index in [-0.39, 0.29) is 18.4 Å². The van der Waals surface area contributed by atoms with Crippen LogP contribution in [0, 0.1) is 0 Å². The second-order valence-electron chi connectivity index (χ2n) is 7.46. The van der Waals surface area contributed by atoms with Gasteiger partial charge < -0.3 is 5.32 Å². The maximum Gasteiger partial charge on any atom is 0.226 e. The van der Waals surface area contributed by atoms with Crippen LogP contribution in [-0.2, 0) is 24.2 Å². The number of nitrogens with one attached hydrogen (secondary N) is 1. The van der Waals surface area contributed by atoms with E-state index in [1.807, 2.05) is 45.6 Å². The number of nitrogens with zero attached hydrogens (tertiary/aromatic N) is 3. The van der Waals surface area contributed by atoms with Crippen LogP contribution in [0.2, 0.25) is 5.02 Å². The third-order valence-corrected chi connectivity index (χ3v) is 7.56. The summed E-state index contributed by atoms with van der Waals surface area (Å²) in [5.41, 5.74) is 3.36. The molecule has 0 bridgehead atoms. The molecule has 0 saturated carbocycles. The minimum Gasteiger partial charge on any atom is -0.354 e. The molecule has 0 fully saturated rings. The number of fused-ring (bicyclic) bond motifs is 2. The summed E-state index contributed by atoms with van der Waals surface area (Å²) in [4.78, 5) is 22.0. The summed E-state index contributed by atoms with van der Waals surface area (Å²) in [6.07, 6.45) is 5.22. The lowest BCUT2D eigenvalue weighted by molar-refractivity contribution is -0.120. The third-order valence-electron chi connectivity index (χ3n) is 5.51. The Morgan fingerprint density at radius 1 is 1.20 bits per heavy atom. The Labute approximate surface area is 187 Å². The Morgan fingerprint density at radius 3 is 2.90 bits per heavy atom. The molecule has 154 valence electrons. The predicted octanol–water partition coefficient (Wildman–Crippen LogP) is 4.57. The Bertz CT molecular complexity index is 1130. The fraction of sp³-hybridized carbons (Fsp3) is 0.273. The molecule has 1 aromatic carbocycles. The molecule has 5 rings (SSSR count). The van der Waals surface area contributed by atoms with E-state index >= 15 is 0 Å². The van der Waals surface area contributed by atoms with Crippen LogP contribution in [0.3, 0.4) is 0 Å². The van der Waals surface area contributed by atoms with Crippen molar-refractivity contribution in [1.29, 1.82) is 0 Å². The average Bonchev–Trinajstić information content (AvgIpc) is 3.45. The molecule has 0 saturated heterocycles. The number of halogens is 1. The van der Waals surface area contributed by atoms with Gasteiger partial charge >= 0.3 is 0 Å². The van der Waals surface area contributed by atoms with Gasteiger partial charge in [0.25, 0.3) is 0 Å². The van der Waals surface area contributed by atoms with Crippen molar-refractivity contribution >= 4 is 45.1 Å². The van der Waals surface area contributed by atoms with Crippen LogP contribution in [0.5, 0.6) is 0 Å². The molecule has 1 aliphatic heterocycles. The van der Waals surface area contributed by atoms with Crippen LogP contribution < -0.4 is 5.32 Å². The number of carbonyl (C=O) groups excluding carboxylic acids is 1. The second-order valence-corrected chi connectivity index (χ2v) is 9.77. The molecule has 1 amide bonds. The zero-order valence-corrected chi connectivity index (χ0v) is 18.6. The van der Waals surface area contributed by atoms with E-state index in [9.17, 15) is 4.79 Å². The first-order chi connectivity index (χ1) is 14.7. The van der Waals surface area contributed by atoms with Crippen molar-refractivity contribution in [2.75, 3.05) is 13.1 Å². The highest BCUT2D eigenvalue weighted by Gasteiger charge is 2.26. The number of imidazole rings is 1. The second kappa shape index (κ2) is 8.51. The summed E-state index contributed by atoms with van der Waals surface area (Å²) >= 11 is 9.51. The van der Waals surface area contributed by atoms with Gasteiger partial charge in [0.2, 0.25) is 5.91 Å². The van der Waals surface area contributed by atoms with Gasteiger partial charge in [-0.2, -0.15) is 0 Å². The van der Waals surface area contributed by atoms with Gasteiger partial charge in [-0.25, -0.2) is 4.98 Å².